The first-order chi connectivity index (χ1) is 8.15. The maximum Gasteiger partial charge on any atom is 0.123 e. The molecule has 0 spiro atoms. The van der Waals surface area contributed by atoms with Crippen molar-refractivity contribution in [3.63, 3.8) is 0 Å². The summed E-state index contributed by atoms with van der Waals surface area (Å²) >= 11 is 0. The van der Waals surface area contributed by atoms with Crippen molar-refractivity contribution < 1.29 is 4.39 Å². The summed E-state index contributed by atoms with van der Waals surface area (Å²) in [4.78, 5) is 0. The average Bonchev–Trinajstić information content (AvgIpc) is 2.77. The van der Waals surface area contributed by atoms with E-state index in [9.17, 15) is 4.39 Å². The highest BCUT2D eigenvalue weighted by Crippen LogP contribution is 2.37. The van der Waals surface area contributed by atoms with Crippen LogP contribution in [0.2, 0.25) is 0 Å². The molecule has 0 saturated heterocycles. The Hall–Kier alpha value is -1.61. The second-order valence-corrected chi connectivity index (χ2v) is 4.80. The molecule has 1 aromatic carbocycles. The fourth-order valence-corrected chi connectivity index (χ4v) is 2.60. The molecule has 1 heterocycles. The predicted octanol–water partition coefficient (Wildman–Crippen LogP) is 2.55. The highest BCUT2D eigenvalue weighted by molar-refractivity contribution is 5.74. The highest BCUT2D eigenvalue weighted by Gasteiger charge is 2.22. The molecule has 0 saturated carbocycles. The van der Waals surface area contributed by atoms with Gasteiger partial charge in [-0.3, -0.25) is 0 Å². The molecular formula is C14H15FN2. The number of hydrogen-bond acceptors (Lipinski definition) is 1. The quantitative estimate of drug-likeness (QED) is 0.720. The molecule has 0 fully saturated rings. The topological polar surface area (TPSA) is 30.9 Å². The number of nitrogens with two attached hydrogens (primary N) is 1. The standard InChI is InChI=1S/C14H15FN2/c1-9(16)8-17-5-4-10-6-11-7-12(15)2-3-13(11)14(10)17/h2-5,7,9H,6,8,16H2,1H3/t9-/m1/s1. The molecule has 2 nitrogen and oxygen atoms in total. The molecule has 0 radical (unpaired) electrons. The zero-order valence-corrected chi connectivity index (χ0v) is 9.78. The zero-order valence-electron chi connectivity index (χ0n) is 9.78. The van der Waals surface area contributed by atoms with E-state index in [1.54, 1.807) is 6.07 Å². The molecular weight excluding hydrogens is 215 g/mol. The summed E-state index contributed by atoms with van der Waals surface area (Å²) in [7, 11) is 0. The van der Waals surface area contributed by atoms with Crippen LogP contribution in [0.15, 0.2) is 30.5 Å². The smallest absolute Gasteiger partial charge is 0.123 e. The van der Waals surface area contributed by atoms with E-state index in [1.807, 2.05) is 13.0 Å². The van der Waals surface area contributed by atoms with Crippen LogP contribution < -0.4 is 5.73 Å². The van der Waals surface area contributed by atoms with Gasteiger partial charge in [0.25, 0.3) is 0 Å². The van der Waals surface area contributed by atoms with Crippen molar-refractivity contribution in [3.8, 4) is 11.3 Å². The van der Waals surface area contributed by atoms with Gasteiger partial charge in [-0.2, -0.15) is 0 Å². The summed E-state index contributed by atoms with van der Waals surface area (Å²) < 4.78 is 15.3. The largest absolute Gasteiger partial charge is 0.346 e. The van der Waals surface area contributed by atoms with E-state index in [2.05, 4.69) is 16.8 Å². The minimum Gasteiger partial charge on any atom is -0.346 e. The normalized spacial score (nSPS) is 14.5. The Morgan fingerprint density at radius 1 is 1.35 bits per heavy atom. The number of halogens is 1. The summed E-state index contributed by atoms with van der Waals surface area (Å²) in [6.45, 7) is 2.79. The Balaban J connectivity index is 2.10. The van der Waals surface area contributed by atoms with E-state index in [-0.39, 0.29) is 11.9 Å². The van der Waals surface area contributed by atoms with Crippen LogP contribution in [-0.2, 0) is 13.0 Å². The molecule has 0 amide bonds. The molecule has 0 unspecified atom stereocenters. The maximum atomic E-state index is 13.2. The van der Waals surface area contributed by atoms with Crippen molar-refractivity contribution in [2.75, 3.05) is 0 Å². The summed E-state index contributed by atoms with van der Waals surface area (Å²) in [5.41, 5.74) is 10.5. The molecule has 17 heavy (non-hydrogen) atoms. The Morgan fingerprint density at radius 3 is 2.94 bits per heavy atom. The van der Waals surface area contributed by atoms with Crippen LogP contribution in [0, 0.1) is 5.82 Å². The van der Waals surface area contributed by atoms with Gasteiger partial charge in [0.2, 0.25) is 0 Å². The fraction of sp³-hybridized carbons (Fsp3) is 0.286. The van der Waals surface area contributed by atoms with Gasteiger partial charge in [0.05, 0.1) is 5.69 Å². The van der Waals surface area contributed by atoms with Gasteiger partial charge >= 0.3 is 0 Å². The van der Waals surface area contributed by atoms with Gasteiger partial charge in [-0.05, 0) is 42.3 Å². The second kappa shape index (κ2) is 3.70. The van der Waals surface area contributed by atoms with Crippen molar-refractivity contribution in [1.82, 2.24) is 4.57 Å². The Kier molecular flexibility index (Phi) is 2.30. The Bertz CT molecular complexity index is 570. The first-order valence-electron chi connectivity index (χ1n) is 5.87. The Morgan fingerprint density at radius 2 is 2.18 bits per heavy atom. The van der Waals surface area contributed by atoms with E-state index in [1.165, 1.54) is 17.3 Å². The van der Waals surface area contributed by atoms with E-state index in [4.69, 9.17) is 5.73 Å². The average molecular weight is 230 g/mol. The molecule has 88 valence electrons. The van der Waals surface area contributed by atoms with Crippen molar-refractivity contribution >= 4 is 0 Å². The third kappa shape index (κ3) is 1.67. The van der Waals surface area contributed by atoms with Gasteiger partial charge in [-0.25, -0.2) is 4.39 Å². The minimum absolute atomic E-state index is 0.121. The third-order valence-electron chi connectivity index (χ3n) is 3.24. The van der Waals surface area contributed by atoms with Crippen LogP contribution in [0.25, 0.3) is 11.3 Å². The number of nitrogens with zero attached hydrogens (tertiary/aromatic N) is 1. The van der Waals surface area contributed by atoms with E-state index < -0.39 is 0 Å². The van der Waals surface area contributed by atoms with Crippen LogP contribution in [0.1, 0.15) is 18.1 Å². The lowest BCUT2D eigenvalue weighted by atomic mass is 10.1. The molecule has 0 bridgehead atoms. The van der Waals surface area contributed by atoms with Crippen molar-refractivity contribution in [2.45, 2.75) is 25.9 Å². The summed E-state index contributed by atoms with van der Waals surface area (Å²) in [6, 6.07) is 7.25. The van der Waals surface area contributed by atoms with Crippen LogP contribution in [-0.4, -0.2) is 10.6 Å². The van der Waals surface area contributed by atoms with Crippen molar-refractivity contribution in [3.05, 3.63) is 47.4 Å². The molecule has 3 heteroatoms. The van der Waals surface area contributed by atoms with Gasteiger partial charge < -0.3 is 10.3 Å². The fourth-order valence-electron chi connectivity index (χ4n) is 2.60. The number of rotatable bonds is 2. The zero-order chi connectivity index (χ0) is 12.0. The summed E-state index contributed by atoms with van der Waals surface area (Å²) in [5.74, 6) is -0.160. The van der Waals surface area contributed by atoms with Gasteiger partial charge in [0, 0.05) is 30.8 Å². The van der Waals surface area contributed by atoms with E-state index in [0.29, 0.717) is 0 Å². The SMILES string of the molecule is C[C@@H](N)Cn1ccc2c1-c1ccc(F)cc1C2. The van der Waals surface area contributed by atoms with Gasteiger partial charge in [-0.1, -0.05) is 0 Å². The monoisotopic (exact) mass is 230 g/mol. The molecule has 1 aromatic heterocycles. The van der Waals surface area contributed by atoms with E-state index in [0.717, 1.165) is 24.1 Å². The van der Waals surface area contributed by atoms with Crippen LogP contribution in [0.5, 0.6) is 0 Å². The van der Waals surface area contributed by atoms with Gasteiger partial charge in [0.1, 0.15) is 5.82 Å². The third-order valence-corrected chi connectivity index (χ3v) is 3.24. The molecule has 2 aromatic rings. The summed E-state index contributed by atoms with van der Waals surface area (Å²) in [5, 5.41) is 0. The first kappa shape index (κ1) is 10.5. The lowest BCUT2D eigenvalue weighted by Gasteiger charge is -2.11. The van der Waals surface area contributed by atoms with Crippen LogP contribution in [0.4, 0.5) is 4.39 Å². The van der Waals surface area contributed by atoms with Crippen molar-refractivity contribution in [1.29, 1.82) is 0 Å². The molecule has 1 atom stereocenters. The minimum atomic E-state index is -0.160. The van der Waals surface area contributed by atoms with Crippen LogP contribution in [0.3, 0.4) is 0 Å². The molecule has 3 rings (SSSR count). The van der Waals surface area contributed by atoms with Gasteiger partial charge in [-0.15, -0.1) is 0 Å². The molecule has 1 aliphatic carbocycles. The molecule has 1 aliphatic rings. The highest BCUT2D eigenvalue weighted by atomic mass is 19.1. The number of fused-ring (bicyclic) bond motifs is 3. The van der Waals surface area contributed by atoms with E-state index >= 15 is 0 Å². The first-order valence-corrected chi connectivity index (χ1v) is 5.87. The molecule has 0 aliphatic heterocycles. The van der Waals surface area contributed by atoms with Crippen LogP contribution >= 0.6 is 0 Å². The number of benzene rings is 1. The lowest BCUT2D eigenvalue weighted by Crippen LogP contribution is -2.22. The lowest BCUT2D eigenvalue weighted by molar-refractivity contribution is 0.596. The molecule has 2 N–H and O–H groups in total. The van der Waals surface area contributed by atoms with Crippen molar-refractivity contribution in [2.24, 2.45) is 5.73 Å². The van der Waals surface area contributed by atoms with Gasteiger partial charge in [0.15, 0.2) is 0 Å². The number of hydrogen-bond donors (Lipinski definition) is 1. The Labute approximate surface area is 99.9 Å². The summed E-state index contributed by atoms with van der Waals surface area (Å²) in [6.07, 6.45) is 2.90. The maximum absolute atomic E-state index is 13.2. The predicted molar refractivity (Wildman–Crippen MR) is 66.3 cm³/mol. The second-order valence-electron chi connectivity index (χ2n) is 4.80. The number of aromatic nitrogens is 1.